The highest BCUT2D eigenvalue weighted by molar-refractivity contribution is 9.10. The predicted molar refractivity (Wildman–Crippen MR) is 143 cm³/mol. The van der Waals surface area contributed by atoms with E-state index >= 15 is 4.39 Å². The van der Waals surface area contributed by atoms with Crippen LogP contribution in [0.5, 0.6) is 0 Å². The van der Waals surface area contributed by atoms with E-state index in [1.54, 1.807) is 12.1 Å². The van der Waals surface area contributed by atoms with E-state index in [2.05, 4.69) is 32.6 Å². The molecular formula is C27H32BrClFN3O4. The number of nitriles is 1. The molecule has 10 heteroatoms. The van der Waals surface area contributed by atoms with E-state index in [0.29, 0.717) is 12.0 Å². The highest BCUT2D eigenvalue weighted by Gasteiger charge is 2.60. The third-order valence-electron chi connectivity index (χ3n) is 6.54. The topological polar surface area (TPSA) is 115 Å². The maximum absolute atomic E-state index is 15.5. The lowest BCUT2D eigenvalue weighted by Crippen LogP contribution is -2.44. The Labute approximate surface area is 230 Å². The lowest BCUT2D eigenvalue weighted by atomic mass is 9.64. The van der Waals surface area contributed by atoms with Gasteiger partial charge < -0.3 is 20.3 Å². The van der Waals surface area contributed by atoms with Crippen LogP contribution in [0.2, 0.25) is 5.02 Å². The zero-order valence-corrected chi connectivity index (χ0v) is 23.3. The molecule has 0 unspecified atom stereocenters. The number of aliphatic hydroxyl groups excluding tert-OH is 2. The number of halogens is 3. The molecule has 5 atom stereocenters. The molecule has 1 saturated heterocycles. The lowest BCUT2D eigenvalue weighted by Gasteiger charge is -2.37. The van der Waals surface area contributed by atoms with E-state index in [0.717, 1.165) is 4.47 Å². The summed E-state index contributed by atoms with van der Waals surface area (Å²) in [6, 6.07) is 13.9. The van der Waals surface area contributed by atoms with Gasteiger partial charge in [-0.3, -0.25) is 5.32 Å². The van der Waals surface area contributed by atoms with Crippen LogP contribution in [0.1, 0.15) is 50.7 Å². The fraction of sp³-hybridized carbons (Fsp3) is 0.481. The molecule has 1 amide bonds. The first kappa shape index (κ1) is 29.3. The summed E-state index contributed by atoms with van der Waals surface area (Å²) in [6.45, 7) is 5.76. The van der Waals surface area contributed by atoms with Crippen molar-refractivity contribution < 1.29 is 24.1 Å². The van der Waals surface area contributed by atoms with Crippen LogP contribution in [0.4, 0.5) is 9.18 Å². The van der Waals surface area contributed by atoms with Gasteiger partial charge in [-0.15, -0.1) is 0 Å². The molecule has 0 saturated carbocycles. The molecule has 0 aliphatic carbocycles. The fourth-order valence-corrected chi connectivity index (χ4v) is 5.34. The van der Waals surface area contributed by atoms with Crippen LogP contribution in [0, 0.1) is 22.6 Å². The Kier molecular flexibility index (Phi) is 9.59. The number of ether oxygens (including phenoxy) is 1. The maximum Gasteiger partial charge on any atom is 0.408 e. The lowest BCUT2D eigenvalue weighted by molar-refractivity contribution is 0.0685. The van der Waals surface area contributed by atoms with Crippen LogP contribution in [-0.4, -0.2) is 47.8 Å². The van der Waals surface area contributed by atoms with Crippen molar-refractivity contribution in [1.82, 2.24) is 10.6 Å². The SMILES string of the molecule is CC(C)(C)C[C@@H]1N[C@H](OC(=O)NCC[C@H](O)CO)[C@H](c2cccc(Cl)c2F)[C@@]1(C#N)c1ccc(Br)cc1. The third kappa shape index (κ3) is 6.62. The smallest absolute Gasteiger partial charge is 0.408 e. The van der Waals surface area contributed by atoms with Crippen LogP contribution in [0.3, 0.4) is 0 Å². The van der Waals surface area contributed by atoms with Crippen LogP contribution in [0.15, 0.2) is 46.9 Å². The van der Waals surface area contributed by atoms with Crippen molar-refractivity contribution in [3.05, 3.63) is 68.9 Å². The molecule has 0 spiro atoms. The quantitative estimate of drug-likeness (QED) is 0.341. The van der Waals surface area contributed by atoms with Gasteiger partial charge in [-0.25, -0.2) is 9.18 Å². The molecule has 4 N–H and O–H groups in total. The average molecular weight is 597 g/mol. The summed E-state index contributed by atoms with van der Waals surface area (Å²) < 4.78 is 22.1. The van der Waals surface area contributed by atoms with Crippen molar-refractivity contribution in [1.29, 1.82) is 5.26 Å². The molecule has 1 aliphatic rings. The van der Waals surface area contributed by atoms with Gasteiger partial charge in [0.15, 0.2) is 6.23 Å². The minimum atomic E-state index is -1.31. The van der Waals surface area contributed by atoms with Crippen molar-refractivity contribution in [3.63, 3.8) is 0 Å². The van der Waals surface area contributed by atoms with Crippen LogP contribution < -0.4 is 10.6 Å². The van der Waals surface area contributed by atoms with E-state index in [9.17, 15) is 15.2 Å². The number of hydrogen-bond acceptors (Lipinski definition) is 6. The van der Waals surface area contributed by atoms with Crippen LogP contribution in [0.25, 0.3) is 0 Å². The summed E-state index contributed by atoms with van der Waals surface area (Å²) >= 11 is 9.59. The molecule has 1 aliphatic heterocycles. The van der Waals surface area contributed by atoms with E-state index in [4.69, 9.17) is 21.4 Å². The number of rotatable bonds is 8. The zero-order valence-electron chi connectivity index (χ0n) is 21.0. The van der Waals surface area contributed by atoms with Gasteiger partial charge in [-0.1, -0.05) is 72.6 Å². The van der Waals surface area contributed by atoms with E-state index in [1.165, 1.54) is 6.07 Å². The number of hydrogen-bond donors (Lipinski definition) is 4. The first-order valence-corrected chi connectivity index (χ1v) is 13.2. The number of nitrogens with one attached hydrogen (secondary N) is 2. The Morgan fingerprint density at radius 2 is 2.00 bits per heavy atom. The molecule has 7 nitrogen and oxygen atoms in total. The number of nitrogens with zero attached hydrogens (tertiary/aromatic N) is 1. The predicted octanol–water partition coefficient (Wildman–Crippen LogP) is 4.99. The summed E-state index contributed by atoms with van der Waals surface area (Å²) in [7, 11) is 0. The maximum atomic E-state index is 15.5. The highest BCUT2D eigenvalue weighted by Crippen LogP contribution is 2.52. The molecule has 0 radical (unpaired) electrons. The van der Waals surface area contributed by atoms with Gasteiger partial charge in [-0.05, 0) is 47.6 Å². The molecule has 1 heterocycles. The summed E-state index contributed by atoms with van der Waals surface area (Å²) in [5.74, 6) is -1.61. The highest BCUT2D eigenvalue weighted by atomic mass is 79.9. The van der Waals surface area contributed by atoms with Gasteiger partial charge in [0.2, 0.25) is 0 Å². The summed E-state index contributed by atoms with van der Waals surface area (Å²) in [5, 5.41) is 35.1. The minimum absolute atomic E-state index is 0.0605. The number of carbonyl (C=O) groups is 1. The van der Waals surface area contributed by atoms with Gasteiger partial charge in [0.1, 0.15) is 11.2 Å². The number of amides is 1. The van der Waals surface area contributed by atoms with Crippen molar-refractivity contribution in [3.8, 4) is 6.07 Å². The third-order valence-corrected chi connectivity index (χ3v) is 7.36. The number of carbonyl (C=O) groups excluding carboxylic acids is 1. The molecule has 2 aromatic carbocycles. The van der Waals surface area contributed by atoms with E-state index < -0.39 is 48.2 Å². The van der Waals surface area contributed by atoms with E-state index in [1.807, 2.05) is 45.0 Å². The van der Waals surface area contributed by atoms with Crippen molar-refractivity contribution in [2.24, 2.45) is 5.41 Å². The average Bonchev–Trinajstić information content (AvgIpc) is 3.12. The first-order chi connectivity index (χ1) is 17.4. The second kappa shape index (κ2) is 12.1. The standard InChI is InChI=1S/C27H32BrClFN3O4/c1-26(2,3)13-21-27(15-31,16-7-9-17(28)10-8-16)22(19-5-4-6-20(29)23(19)30)24(33-21)37-25(36)32-12-11-18(35)14-34/h4-10,18,21-22,24,33-35H,11-14H2,1-3H3,(H,32,36)/t18-,21-,22-,24+,27-/m0/s1. The summed E-state index contributed by atoms with van der Waals surface area (Å²) in [6.07, 6.45) is -2.18. The fourth-order valence-electron chi connectivity index (χ4n) is 4.89. The largest absolute Gasteiger partial charge is 0.430 e. The Hall–Kier alpha value is -2.22. The molecule has 0 bridgehead atoms. The second-order valence-electron chi connectivity index (χ2n) is 10.5. The minimum Gasteiger partial charge on any atom is -0.430 e. The monoisotopic (exact) mass is 595 g/mol. The molecule has 0 aromatic heterocycles. The Balaban J connectivity index is 2.11. The molecule has 200 valence electrons. The number of alkyl carbamates (subject to hydrolysis) is 1. The molecule has 3 rings (SSSR count). The molecule has 2 aromatic rings. The first-order valence-electron chi connectivity index (χ1n) is 12.0. The van der Waals surface area contributed by atoms with Gasteiger partial charge in [0.25, 0.3) is 0 Å². The second-order valence-corrected chi connectivity index (χ2v) is 11.8. The molecule has 1 fully saturated rings. The normalized spacial score (nSPS) is 24.4. The van der Waals surface area contributed by atoms with Gasteiger partial charge >= 0.3 is 6.09 Å². The van der Waals surface area contributed by atoms with Crippen molar-refractivity contribution in [2.75, 3.05) is 13.2 Å². The summed E-state index contributed by atoms with van der Waals surface area (Å²) in [5.41, 5.74) is -0.710. The number of benzene rings is 2. The van der Waals surface area contributed by atoms with Gasteiger partial charge in [-0.2, -0.15) is 5.26 Å². The Morgan fingerprint density at radius 1 is 1.32 bits per heavy atom. The zero-order chi connectivity index (χ0) is 27.4. The van der Waals surface area contributed by atoms with Crippen molar-refractivity contribution >= 4 is 33.6 Å². The van der Waals surface area contributed by atoms with Crippen molar-refractivity contribution in [2.45, 2.75) is 63.3 Å². The summed E-state index contributed by atoms with van der Waals surface area (Å²) in [4.78, 5) is 12.7. The Bertz CT molecular complexity index is 1140. The van der Waals surface area contributed by atoms with Gasteiger partial charge in [0, 0.05) is 17.1 Å². The molecular weight excluding hydrogens is 565 g/mol. The number of aliphatic hydroxyl groups is 2. The van der Waals surface area contributed by atoms with Crippen LogP contribution >= 0.6 is 27.5 Å². The van der Waals surface area contributed by atoms with Crippen LogP contribution in [-0.2, 0) is 10.2 Å². The van der Waals surface area contributed by atoms with Gasteiger partial charge in [0.05, 0.1) is 29.7 Å². The van der Waals surface area contributed by atoms with E-state index in [-0.39, 0.29) is 29.0 Å². The Morgan fingerprint density at radius 3 is 2.59 bits per heavy atom. The molecule has 37 heavy (non-hydrogen) atoms.